The van der Waals surface area contributed by atoms with Gasteiger partial charge in [0.1, 0.15) is 11.8 Å². The molecule has 0 fully saturated rings. The van der Waals surface area contributed by atoms with Crippen LogP contribution in [0.3, 0.4) is 0 Å². The zero-order valence-electron chi connectivity index (χ0n) is 18.0. The van der Waals surface area contributed by atoms with E-state index in [1.54, 1.807) is 0 Å². The van der Waals surface area contributed by atoms with Crippen LogP contribution in [0.25, 0.3) is 22.2 Å². The Hall–Kier alpha value is -3.46. The molecule has 3 rings (SSSR count). The molecule has 0 spiro atoms. The first-order valence-electron chi connectivity index (χ1n) is 10.4. The fourth-order valence-electron chi connectivity index (χ4n) is 3.60. The van der Waals surface area contributed by atoms with Gasteiger partial charge in [0.2, 0.25) is 0 Å². The van der Waals surface area contributed by atoms with E-state index in [2.05, 4.69) is 28.2 Å². The number of nitrogens with zero attached hydrogens (tertiary/aromatic N) is 2. The van der Waals surface area contributed by atoms with E-state index in [4.69, 9.17) is 4.74 Å². The molecule has 0 aliphatic carbocycles. The molecule has 2 aromatic carbocycles. The normalized spacial score (nSPS) is 10.8. The maximum absolute atomic E-state index is 11.9. The lowest BCUT2D eigenvalue weighted by molar-refractivity contribution is 0.250. The summed E-state index contributed by atoms with van der Waals surface area (Å²) in [6, 6.07) is 15.7. The number of nitriles is 1. The number of carbonyl (C=O) groups excluding carboxylic acids is 1. The van der Waals surface area contributed by atoms with Gasteiger partial charge in [-0.05, 0) is 57.0 Å². The van der Waals surface area contributed by atoms with Crippen molar-refractivity contribution in [3.8, 4) is 23.1 Å². The van der Waals surface area contributed by atoms with E-state index in [-0.39, 0.29) is 12.1 Å². The van der Waals surface area contributed by atoms with Gasteiger partial charge < -0.3 is 19.9 Å². The van der Waals surface area contributed by atoms with Crippen molar-refractivity contribution in [2.24, 2.45) is 0 Å². The second-order valence-corrected chi connectivity index (χ2v) is 7.43. The summed E-state index contributed by atoms with van der Waals surface area (Å²) in [7, 11) is 0. The standard InChI is InChI=1S/C24H28N4O2/c1-5-13-28-22-14-19(30-6-2)11-12-20(22)21(15-25)23(28)17-7-9-18(10-8-17)27-24(29)26-16(3)4/h7-12,14,16H,5-6,13H2,1-4H3,(H2,26,27,29). The third-order valence-electron chi connectivity index (χ3n) is 4.74. The first-order chi connectivity index (χ1) is 14.5. The minimum absolute atomic E-state index is 0.0637. The summed E-state index contributed by atoms with van der Waals surface area (Å²) in [4.78, 5) is 11.9. The zero-order valence-corrected chi connectivity index (χ0v) is 18.0. The highest BCUT2D eigenvalue weighted by molar-refractivity contribution is 5.96. The predicted octanol–water partition coefficient (Wildman–Crippen LogP) is 5.52. The average molecular weight is 405 g/mol. The van der Waals surface area contributed by atoms with Crippen molar-refractivity contribution < 1.29 is 9.53 Å². The van der Waals surface area contributed by atoms with E-state index in [1.165, 1.54) is 0 Å². The van der Waals surface area contributed by atoms with Crippen LogP contribution in [-0.2, 0) is 6.54 Å². The molecule has 0 radical (unpaired) electrons. The molecule has 1 aromatic heterocycles. The van der Waals surface area contributed by atoms with E-state index in [9.17, 15) is 10.1 Å². The van der Waals surface area contributed by atoms with Crippen LogP contribution in [0.2, 0.25) is 0 Å². The van der Waals surface area contributed by atoms with E-state index in [0.717, 1.165) is 40.9 Å². The van der Waals surface area contributed by atoms with Crippen molar-refractivity contribution >= 4 is 22.6 Å². The van der Waals surface area contributed by atoms with Gasteiger partial charge in [0, 0.05) is 29.7 Å². The Balaban J connectivity index is 2.05. The lowest BCUT2D eigenvalue weighted by atomic mass is 10.1. The average Bonchev–Trinajstić information content (AvgIpc) is 3.01. The van der Waals surface area contributed by atoms with Gasteiger partial charge >= 0.3 is 6.03 Å². The Morgan fingerprint density at radius 2 is 1.90 bits per heavy atom. The molecule has 0 aliphatic rings. The lowest BCUT2D eigenvalue weighted by Crippen LogP contribution is -2.34. The molecular formula is C24H28N4O2. The molecule has 0 atom stereocenters. The van der Waals surface area contributed by atoms with Crippen molar-refractivity contribution in [1.82, 2.24) is 9.88 Å². The van der Waals surface area contributed by atoms with E-state index < -0.39 is 0 Å². The minimum atomic E-state index is -0.237. The molecule has 0 bridgehead atoms. The SMILES string of the molecule is CCCn1c(-c2ccc(NC(=O)NC(C)C)cc2)c(C#N)c2ccc(OCC)cc21. The van der Waals surface area contributed by atoms with E-state index >= 15 is 0 Å². The largest absolute Gasteiger partial charge is 0.494 e. The van der Waals surface area contributed by atoms with Gasteiger partial charge in [0.15, 0.2) is 0 Å². The van der Waals surface area contributed by atoms with Gasteiger partial charge in [-0.3, -0.25) is 0 Å². The van der Waals surface area contributed by atoms with Gasteiger partial charge in [-0.25, -0.2) is 4.79 Å². The molecule has 3 aromatic rings. The molecule has 0 aliphatic heterocycles. The fourth-order valence-corrected chi connectivity index (χ4v) is 3.60. The van der Waals surface area contributed by atoms with Crippen LogP contribution in [0.4, 0.5) is 10.5 Å². The second kappa shape index (κ2) is 9.36. The molecular weight excluding hydrogens is 376 g/mol. The zero-order chi connectivity index (χ0) is 21.7. The molecule has 6 nitrogen and oxygen atoms in total. The molecule has 0 saturated heterocycles. The third-order valence-corrected chi connectivity index (χ3v) is 4.74. The first-order valence-corrected chi connectivity index (χ1v) is 10.4. The number of hydrogen-bond acceptors (Lipinski definition) is 3. The molecule has 30 heavy (non-hydrogen) atoms. The monoisotopic (exact) mass is 404 g/mol. The topological polar surface area (TPSA) is 79.1 Å². The Morgan fingerprint density at radius 3 is 2.50 bits per heavy atom. The molecule has 0 unspecified atom stereocenters. The van der Waals surface area contributed by atoms with Crippen LogP contribution in [0.5, 0.6) is 5.75 Å². The third kappa shape index (κ3) is 4.41. The summed E-state index contributed by atoms with van der Waals surface area (Å²) < 4.78 is 7.86. The minimum Gasteiger partial charge on any atom is -0.494 e. The Labute approximate surface area is 177 Å². The number of fused-ring (bicyclic) bond motifs is 1. The van der Waals surface area contributed by atoms with Gasteiger partial charge in [0.25, 0.3) is 0 Å². The number of carbonyl (C=O) groups is 1. The molecule has 156 valence electrons. The molecule has 2 N–H and O–H groups in total. The number of hydrogen-bond donors (Lipinski definition) is 2. The smallest absolute Gasteiger partial charge is 0.319 e. The van der Waals surface area contributed by atoms with Crippen molar-refractivity contribution in [3.63, 3.8) is 0 Å². The van der Waals surface area contributed by atoms with Crippen LogP contribution < -0.4 is 15.4 Å². The number of amides is 2. The highest BCUT2D eigenvalue weighted by Crippen LogP contribution is 2.36. The summed E-state index contributed by atoms with van der Waals surface area (Å²) in [5.41, 5.74) is 4.17. The van der Waals surface area contributed by atoms with Crippen molar-refractivity contribution in [1.29, 1.82) is 5.26 Å². The van der Waals surface area contributed by atoms with Crippen LogP contribution in [-0.4, -0.2) is 23.2 Å². The summed E-state index contributed by atoms with van der Waals surface area (Å²) in [5.74, 6) is 0.798. The van der Waals surface area contributed by atoms with Gasteiger partial charge in [-0.1, -0.05) is 19.1 Å². The van der Waals surface area contributed by atoms with Gasteiger partial charge in [-0.2, -0.15) is 5.26 Å². The number of rotatable bonds is 7. The molecule has 0 saturated carbocycles. The Bertz CT molecular complexity index is 1080. The lowest BCUT2D eigenvalue weighted by Gasteiger charge is -2.13. The number of aromatic nitrogens is 1. The van der Waals surface area contributed by atoms with E-state index in [0.29, 0.717) is 17.9 Å². The number of ether oxygens (including phenoxy) is 1. The number of urea groups is 1. The number of nitrogens with one attached hydrogen (secondary N) is 2. The van der Waals surface area contributed by atoms with Crippen LogP contribution in [0.15, 0.2) is 42.5 Å². The van der Waals surface area contributed by atoms with Gasteiger partial charge in [-0.15, -0.1) is 0 Å². The number of benzene rings is 2. The highest BCUT2D eigenvalue weighted by Gasteiger charge is 2.19. The van der Waals surface area contributed by atoms with Gasteiger partial charge in [0.05, 0.1) is 23.4 Å². The first kappa shape index (κ1) is 21.3. The van der Waals surface area contributed by atoms with Crippen molar-refractivity contribution in [2.75, 3.05) is 11.9 Å². The highest BCUT2D eigenvalue weighted by atomic mass is 16.5. The van der Waals surface area contributed by atoms with Crippen molar-refractivity contribution in [2.45, 2.75) is 46.7 Å². The van der Waals surface area contributed by atoms with Crippen LogP contribution in [0, 0.1) is 11.3 Å². The Kier molecular flexibility index (Phi) is 6.63. The predicted molar refractivity (Wildman–Crippen MR) is 121 cm³/mol. The van der Waals surface area contributed by atoms with Crippen LogP contribution in [0.1, 0.15) is 39.7 Å². The Morgan fingerprint density at radius 1 is 1.17 bits per heavy atom. The maximum Gasteiger partial charge on any atom is 0.319 e. The fraction of sp³-hybridized carbons (Fsp3) is 0.333. The van der Waals surface area contributed by atoms with Crippen molar-refractivity contribution in [3.05, 3.63) is 48.0 Å². The summed E-state index contributed by atoms with van der Waals surface area (Å²) in [5, 5.41) is 16.5. The quantitative estimate of drug-likeness (QED) is 0.544. The summed E-state index contributed by atoms with van der Waals surface area (Å²) >= 11 is 0. The number of aryl methyl sites for hydroxylation is 1. The summed E-state index contributed by atoms with van der Waals surface area (Å²) in [6.45, 7) is 9.29. The summed E-state index contributed by atoms with van der Waals surface area (Å²) in [6.07, 6.45) is 0.940. The molecule has 1 heterocycles. The second-order valence-electron chi connectivity index (χ2n) is 7.43. The van der Waals surface area contributed by atoms with Crippen LogP contribution >= 0.6 is 0 Å². The maximum atomic E-state index is 11.9. The molecule has 2 amide bonds. The molecule has 6 heteroatoms. The van der Waals surface area contributed by atoms with E-state index in [1.807, 2.05) is 63.2 Å². The number of anilines is 1.